The molecule has 0 bridgehead atoms. The fourth-order valence-electron chi connectivity index (χ4n) is 0.825. The van der Waals surface area contributed by atoms with Gasteiger partial charge in [-0.15, -0.1) is 11.3 Å². The summed E-state index contributed by atoms with van der Waals surface area (Å²) in [5.74, 6) is 0.645. The molecule has 0 spiro atoms. The molecule has 0 aliphatic carbocycles. The van der Waals surface area contributed by atoms with Crippen LogP contribution in [0.4, 0.5) is 0 Å². The second-order valence-corrected chi connectivity index (χ2v) is 3.77. The highest BCUT2D eigenvalue weighted by molar-refractivity contribution is 7.11. The van der Waals surface area contributed by atoms with Gasteiger partial charge in [0.15, 0.2) is 5.78 Å². The third-order valence-corrected chi connectivity index (χ3v) is 2.11. The maximum Gasteiger partial charge on any atom is 0.174 e. The number of thiazole rings is 1. The molecule has 1 aromatic rings. The second-order valence-electron chi connectivity index (χ2n) is 2.89. The molecule has 0 fully saturated rings. The molecule has 0 atom stereocenters. The highest BCUT2D eigenvalue weighted by Crippen LogP contribution is 2.12. The Kier molecular flexibility index (Phi) is 2.76. The van der Waals surface area contributed by atoms with Crippen molar-refractivity contribution < 1.29 is 4.79 Å². The SMILES string of the molecule is CC(C)CC(=O)c1cncs1. The summed E-state index contributed by atoms with van der Waals surface area (Å²) in [5, 5.41) is 0. The van der Waals surface area contributed by atoms with Crippen molar-refractivity contribution in [3.63, 3.8) is 0 Å². The van der Waals surface area contributed by atoms with Crippen molar-refractivity contribution in [2.24, 2.45) is 5.92 Å². The van der Waals surface area contributed by atoms with Crippen LogP contribution >= 0.6 is 11.3 Å². The number of aromatic nitrogens is 1. The number of carbonyl (C=O) groups is 1. The lowest BCUT2D eigenvalue weighted by Crippen LogP contribution is -2.00. The molecule has 0 aliphatic rings. The average molecular weight is 169 g/mol. The lowest BCUT2D eigenvalue weighted by Gasteiger charge is -1.99. The predicted octanol–water partition coefficient (Wildman–Crippen LogP) is 2.37. The zero-order chi connectivity index (χ0) is 8.27. The van der Waals surface area contributed by atoms with Crippen molar-refractivity contribution in [3.8, 4) is 0 Å². The lowest BCUT2D eigenvalue weighted by atomic mass is 10.1. The van der Waals surface area contributed by atoms with Crippen LogP contribution in [0.2, 0.25) is 0 Å². The van der Waals surface area contributed by atoms with Crippen molar-refractivity contribution in [1.82, 2.24) is 4.98 Å². The van der Waals surface area contributed by atoms with E-state index in [4.69, 9.17) is 0 Å². The van der Waals surface area contributed by atoms with Crippen molar-refractivity contribution in [3.05, 3.63) is 16.6 Å². The summed E-state index contributed by atoms with van der Waals surface area (Å²) < 4.78 is 0. The van der Waals surface area contributed by atoms with E-state index in [9.17, 15) is 4.79 Å². The predicted molar refractivity (Wildman–Crippen MR) is 45.9 cm³/mol. The highest BCUT2D eigenvalue weighted by atomic mass is 32.1. The number of hydrogen-bond donors (Lipinski definition) is 0. The first-order valence-corrected chi connectivity index (χ1v) is 4.50. The van der Waals surface area contributed by atoms with Crippen LogP contribution in [-0.4, -0.2) is 10.8 Å². The normalized spacial score (nSPS) is 10.5. The maximum absolute atomic E-state index is 11.3. The first-order valence-electron chi connectivity index (χ1n) is 3.62. The third kappa shape index (κ3) is 2.42. The number of carbonyl (C=O) groups excluding carboxylic acids is 1. The van der Waals surface area contributed by atoms with E-state index in [0.29, 0.717) is 12.3 Å². The van der Waals surface area contributed by atoms with Crippen LogP contribution in [0, 0.1) is 5.92 Å². The highest BCUT2D eigenvalue weighted by Gasteiger charge is 2.08. The van der Waals surface area contributed by atoms with Gasteiger partial charge in [-0.05, 0) is 5.92 Å². The monoisotopic (exact) mass is 169 g/mol. The summed E-state index contributed by atoms with van der Waals surface area (Å²) in [7, 11) is 0. The van der Waals surface area contributed by atoms with Crippen LogP contribution in [0.5, 0.6) is 0 Å². The van der Waals surface area contributed by atoms with Crippen molar-refractivity contribution in [2.45, 2.75) is 20.3 Å². The summed E-state index contributed by atoms with van der Waals surface area (Å²) in [6.45, 7) is 4.08. The minimum absolute atomic E-state index is 0.211. The maximum atomic E-state index is 11.3. The number of Topliss-reactive ketones (excluding diaryl/α,β-unsaturated/α-hetero) is 1. The van der Waals surface area contributed by atoms with E-state index in [0.717, 1.165) is 4.88 Å². The lowest BCUT2D eigenvalue weighted by molar-refractivity contribution is 0.0971. The molecule has 0 saturated carbocycles. The summed E-state index contributed by atoms with van der Waals surface area (Å²) >= 11 is 1.41. The van der Waals surface area contributed by atoms with Crippen LogP contribution in [-0.2, 0) is 0 Å². The van der Waals surface area contributed by atoms with Crippen LogP contribution in [0.1, 0.15) is 29.9 Å². The summed E-state index contributed by atoms with van der Waals surface area (Å²) in [6.07, 6.45) is 2.26. The molecule has 0 unspecified atom stereocenters. The Labute approximate surface area is 70.3 Å². The molecule has 11 heavy (non-hydrogen) atoms. The molecular weight excluding hydrogens is 158 g/mol. The van der Waals surface area contributed by atoms with E-state index in [1.807, 2.05) is 13.8 Å². The van der Waals surface area contributed by atoms with Gasteiger partial charge >= 0.3 is 0 Å². The van der Waals surface area contributed by atoms with E-state index in [-0.39, 0.29) is 5.78 Å². The first-order chi connectivity index (χ1) is 5.20. The summed E-state index contributed by atoms with van der Waals surface area (Å²) in [4.78, 5) is 15.9. The zero-order valence-electron chi connectivity index (χ0n) is 6.70. The average Bonchev–Trinajstić information content (AvgIpc) is 2.35. The first kappa shape index (κ1) is 8.40. The fourth-order valence-corrected chi connectivity index (χ4v) is 1.40. The van der Waals surface area contributed by atoms with Gasteiger partial charge in [-0.3, -0.25) is 9.78 Å². The molecule has 0 saturated heterocycles. The van der Waals surface area contributed by atoms with E-state index in [1.54, 1.807) is 11.7 Å². The van der Waals surface area contributed by atoms with Crippen LogP contribution < -0.4 is 0 Å². The van der Waals surface area contributed by atoms with E-state index in [2.05, 4.69) is 4.98 Å². The molecule has 1 rings (SSSR count). The quantitative estimate of drug-likeness (QED) is 0.650. The smallest absolute Gasteiger partial charge is 0.174 e. The second kappa shape index (κ2) is 3.62. The van der Waals surface area contributed by atoms with Gasteiger partial charge in [0.05, 0.1) is 10.4 Å². The van der Waals surface area contributed by atoms with E-state index >= 15 is 0 Å². The van der Waals surface area contributed by atoms with Crippen molar-refractivity contribution in [2.75, 3.05) is 0 Å². The Balaban J connectivity index is 2.57. The third-order valence-electron chi connectivity index (χ3n) is 1.30. The minimum atomic E-state index is 0.211. The van der Waals surface area contributed by atoms with Gasteiger partial charge in [-0.1, -0.05) is 13.8 Å². The Bertz CT molecular complexity index is 228. The standard InChI is InChI=1S/C8H11NOS/c1-6(2)3-7(10)8-4-9-5-11-8/h4-6H,3H2,1-2H3. The summed E-state index contributed by atoms with van der Waals surface area (Å²) in [5.41, 5.74) is 1.69. The molecule has 1 aromatic heterocycles. The molecule has 3 heteroatoms. The number of hydrogen-bond acceptors (Lipinski definition) is 3. The number of rotatable bonds is 3. The van der Waals surface area contributed by atoms with Gasteiger partial charge in [-0.2, -0.15) is 0 Å². The number of nitrogens with zero attached hydrogens (tertiary/aromatic N) is 1. The van der Waals surface area contributed by atoms with Gasteiger partial charge in [0.1, 0.15) is 0 Å². The molecule has 0 aromatic carbocycles. The van der Waals surface area contributed by atoms with Crippen molar-refractivity contribution in [1.29, 1.82) is 0 Å². The van der Waals surface area contributed by atoms with E-state index < -0.39 is 0 Å². The van der Waals surface area contributed by atoms with Crippen molar-refractivity contribution >= 4 is 17.1 Å². The molecule has 60 valence electrons. The Hall–Kier alpha value is -0.700. The fraction of sp³-hybridized carbons (Fsp3) is 0.500. The van der Waals surface area contributed by atoms with Gasteiger partial charge in [0, 0.05) is 12.6 Å². The van der Waals surface area contributed by atoms with Crippen LogP contribution in [0.15, 0.2) is 11.7 Å². The van der Waals surface area contributed by atoms with Gasteiger partial charge in [-0.25, -0.2) is 0 Å². The molecule has 1 heterocycles. The van der Waals surface area contributed by atoms with Crippen LogP contribution in [0.25, 0.3) is 0 Å². The molecule has 0 radical (unpaired) electrons. The molecule has 0 aliphatic heterocycles. The van der Waals surface area contributed by atoms with Gasteiger partial charge in [0.25, 0.3) is 0 Å². The molecule has 0 amide bonds. The number of ketones is 1. The zero-order valence-corrected chi connectivity index (χ0v) is 7.52. The molecular formula is C8H11NOS. The Morgan fingerprint density at radius 2 is 2.45 bits per heavy atom. The van der Waals surface area contributed by atoms with Gasteiger partial charge in [0.2, 0.25) is 0 Å². The summed E-state index contributed by atoms with van der Waals surface area (Å²) in [6, 6.07) is 0. The molecule has 2 nitrogen and oxygen atoms in total. The van der Waals surface area contributed by atoms with Gasteiger partial charge < -0.3 is 0 Å². The topological polar surface area (TPSA) is 30.0 Å². The van der Waals surface area contributed by atoms with E-state index in [1.165, 1.54) is 11.3 Å². The Morgan fingerprint density at radius 1 is 1.73 bits per heavy atom. The van der Waals surface area contributed by atoms with Crippen LogP contribution in [0.3, 0.4) is 0 Å². The molecule has 0 N–H and O–H groups in total. The Morgan fingerprint density at radius 3 is 2.91 bits per heavy atom. The largest absolute Gasteiger partial charge is 0.293 e. The minimum Gasteiger partial charge on any atom is -0.293 e.